The third-order valence-corrected chi connectivity index (χ3v) is 3.60. The molecule has 0 unspecified atom stereocenters. The molecule has 0 radical (unpaired) electrons. The molecule has 0 saturated heterocycles. The van der Waals surface area contributed by atoms with Crippen LogP contribution in [0.1, 0.15) is 51.0 Å². The van der Waals surface area contributed by atoms with Crippen LogP contribution in [0.2, 0.25) is 0 Å². The quantitative estimate of drug-likeness (QED) is 0.768. The third kappa shape index (κ3) is 3.15. The molecule has 0 bridgehead atoms. The second kappa shape index (κ2) is 5.95. The second-order valence-electron chi connectivity index (χ2n) is 5.04. The summed E-state index contributed by atoms with van der Waals surface area (Å²) in [4.78, 5) is 0. The molecule has 2 N–H and O–H groups in total. The Kier molecular flexibility index (Phi) is 4.29. The van der Waals surface area contributed by atoms with Crippen LogP contribution in [-0.4, -0.2) is 11.1 Å². The van der Waals surface area contributed by atoms with E-state index in [-0.39, 0.29) is 0 Å². The van der Waals surface area contributed by atoms with E-state index in [9.17, 15) is 5.11 Å². The fourth-order valence-electron chi connectivity index (χ4n) is 2.68. The molecule has 0 heterocycles. The van der Waals surface area contributed by atoms with E-state index in [4.69, 9.17) is 0 Å². The van der Waals surface area contributed by atoms with Gasteiger partial charge in [0.05, 0.1) is 5.69 Å². The van der Waals surface area contributed by atoms with Crippen LogP contribution in [0.3, 0.4) is 0 Å². The van der Waals surface area contributed by atoms with E-state index >= 15 is 0 Å². The first kappa shape index (κ1) is 12.3. The molecule has 1 aromatic carbocycles. The van der Waals surface area contributed by atoms with Crippen molar-refractivity contribution in [3.05, 3.63) is 23.8 Å². The maximum absolute atomic E-state index is 9.99. The lowest BCUT2D eigenvalue weighted by molar-refractivity contribution is 0.452. The van der Waals surface area contributed by atoms with Gasteiger partial charge in [0.15, 0.2) is 0 Å². The van der Waals surface area contributed by atoms with Gasteiger partial charge in [-0.05, 0) is 30.9 Å². The molecule has 2 rings (SSSR count). The van der Waals surface area contributed by atoms with Gasteiger partial charge in [0.25, 0.3) is 0 Å². The van der Waals surface area contributed by atoms with Crippen molar-refractivity contribution in [2.45, 2.75) is 57.9 Å². The molecule has 94 valence electrons. The van der Waals surface area contributed by atoms with E-state index in [1.165, 1.54) is 37.7 Å². The predicted molar refractivity (Wildman–Crippen MR) is 72.6 cm³/mol. The van der Waals surface area contributed by atoms with Gasteiger partial charge in [0, 0.05) is 6.04 Å². The minimum atomic E-state index is 0.404. The number of phenols is 1. The van der Waals surface area contributed by atoms with E-state index in [0.29, 0.717) is 11.8 Å². The average molecular weight is 233 g/mol. The van der Waals surface area contributed by atoms with Gasteiger partial charge in [-0.15, -0.1) is 0 Å². The Morgan fingerprint density at radius 2 is 2.00 bits per heavy atom. The fourth-order valence-corrected chi connectivity index (χ4v) is 2.68. The molecular weight excluding hydrogens is 210 g/mol. The number of aryl methyl sites for hydroxylation is 1. The molecule has 1 aliphatic carbocycles. The van der Waals surface area contributed by atoms with Gasteiger partial charge in [-0.1, -0.05) is 44.7 Å². The molecule has 1 fully saturated rings. The minimum absolute atomic E-state index is 0.404. The Balaban J connectivity index is 2.12. The number of anilines is 1. The summed E-state index contributed by atoms with van der Waals surface area (Å²) in [7, 11) is 0. The van der Waals surface area contributed by atoms with E-state index < -0.39 is 0 Å². The first-order valence-electron chi connectivity index (χ1n) is 6.88. The lowest BCUT2D eigenvalue weighted by Gasteiger charge is -2.25. The summed E-state index contributed by atoms with van der Waals surface area (Å²) in [5, 5.41) is 13.5. The second-order valence-corrected chi connectivity index (χ2v) is 5.04. The molecule has 2 nitrogen and oxygen atoms in total. The topological polar surface area (TPSA) is 32.3 Å². The summed E-state index contributed by atoms with van der Waals surface area (Å²) < 4.78 is 0. The van der Waals surface area contributed by atoms with Gasteiger partial charge >= 0.3 is 0 Å². The Labute approximate surface area is 104 Å². The monoisotopic (exact) mass is 233 g/mol. The molecular formula is C15H23NO. The van der Waals surface area contributed by atoms with Crippen molar-refractivity contribution in [2.24, 2.45) is 0 Å². The van der Waals surface area contributed by atoms with Gasteiger partial charge in [-0.25, -0.2) is 0 Å². The van der Waals surface area contributed by atoms with Crippen LogP contribution in [0.5, 0.6) is 5.75 Å². The zero-order valence-corrected chi connectivity index (χ0v) is 10.7. The largest absolute Gasteiger partial charge is 0.506 e. The van der Waals surface area contributed by atoms with Crippen molar-refractivity contribution in [2.75, 3.05) is 5.32 Å². The number of rotatable bonds is 4. The fraction of sp³-hybridized carbons (Fsp3) is 0.600. The van der Waals surface area contributed by atoms with Crippen LogP contribution < -0.4 is 5.32 Å². The van der Waals surface area contributed by atoms with Crippen LogP contribution in [0.15, 0.2) is 18.2 Å². The van der Waals surface area contributed by atoms with Gasteiger partial charge in [-0.2, -0.15) is 0 Å². The van der Waals surface area contributed by atoms with Crippen molar-refractivity contribution in [3.63, 3.8) is 0 Å². The number of hydrogen-bond acceptors (Lipinski definition) is 2. The zero-order valence-electron chi connectivity index (χ0n) is 10.7. The third-order valence-electron chi connectivity index (χ3n) is 3.60. The molecule has 1 aliphatic rings. The lowest BCUT2D eigenvalue weighted by atomic mass is 9.94. The SMILES string of the molecule is CCCc1cccc(O)c1NC1CCCCC1. The number of phenolic OH excluding ortho intramolecular Hbond substituents is 1. The molecule has 2 heteroatoms. The minimum Gasteiger partial charge on any atom is -0.506 e. The average Bonchev–Trinajstić information content (AvgIpc) is 2.35. The van der Waals surface area contributed by atoms with Crippen LogP contribution in [0.4, 0.5) is 5.69 Å². The number of nitrogens with one attached hydrogen (secondary N) is 1. The standard InChI is InChI=1S/C15H23NO/c1-2-7-12-8-6-11-14(17)15(12)16-13-9-4-3-5-10-13/h6,8,11,13,16-17H,2-5,7,9-10H2,1H3. The highest BCUT2D eigenvalue weighted by Gasteiger charge is 2.16. The summed E-state index contributed by atoms with van der Waals surface area (Å²) in [6.45, 7) is 2.18. The highest BCUT2D eigenvalue weighted by atomic mass is 16.3. The van der Waals surface area contributed by atoms with E-state index in [1.807, 2.05) is 6.07 Å². The van der Waals surface area contributed by atoms with Crippen LogP contribution in [0.25, 0.3) is 0 Å². The van der Waals surface area contributed by atoms with E-state index in [0.717, 1.165) is 18.5 Å². The summed E-state index contributed by atoms with van der Waals surface area (Å²) in [5.41, 5.74) is 2.22. The van der Waals surface area contributed by atoms with Gasteiger partial charge in [0.1, 0.15) is 5.75 Å². The number of hydrogen-bond donors (Lipinski definition) is 2. The van der Waals surface area contributed by atoms with Crippen molar-refractivity contribution >= 4 is 5.69 Å². The Morgan fingerprint density at radius 1 is 1.24 bits per heavy atom. The van der Waals surface area contributed by atoms with Crippen molar-refractivity contribution < 1.29 is 5.11 Å². The molecule has 0 aliphatic heterocycles. The number of para-hydroxylation sites is 1. The molecule has 0 spiro atoms. The smallest absolute Gasteiger partial charge is 0.138 e. The summed E-state index contributed by atoms with van der Waals surface area (Å²) in [5.74, 6) is 0.404. The lowest BCUT2D eigenvalue weighted by Crippen LogP contribution is -2.23. The summed E-state index contributed by atoms with van der Waals surface area (Å²) >= 11 is 0. The van der Waals surface area contributed by atoms with E-state index in [2.05, 4.69) is 18.3 Å². The summed E-state index contributed by atoms with van der Waals surface area (Å²) in [6.07, 6.45) is 8.61. The molecule has 1 aromatic rings. The van der Waals surface area contributed by atoms with Crippen LogP contribution in [-0.2, 0) is 6.42 Å². The molecule has 17 heavy (non-hydrogen) atoms. The predicted octanol–water partition coefficient (Wildman–Crippen LogP) is 4.09. The maximum atomic E-state index is 9.99. The highest BCUT2D eigenvalue weighted by molar-refractivity contribution is 5.62. The van der Waals surface area contributed by atoms with Crippen molar-refractivity contribution in [1.29, 1.82) is 0 Å². The summed E-state index contributed by atoms with van der Waals surface area (Å²) in [6, 6.07) is 6.39. The normalized spacial score (nSPS) is 17.0. The number of aromatic hydroxyl groups is 1. The number of benzene rings is 1. The Bertz CT molecular complexity index is 356. The molecule has 0 amide bonds. The molecule has 1 saturated carbocycles. The first-order valence-corrected chi connectivity index (χ1v) is 6.88. The van der Waals surface area contributed by atoms with Gasteiger partial charge in [0.2, 0.25) is 0 Å². The van der Waals surface area contributed by atoms with Crippen LogP contribution >= 0.6 is 0 Å². The van der Waals surface area contributed by atoms with Gasteiger partial charge in [-0.3, -0.25) is 0 Å². The Hall–Kier alpha value is -1.18. The van der Waals surface area contributed by atoms with Crippen molar-refractivity contribution in [3.8, 4) is 5.75 Å². The highest BCUT2D eigenvalue weighted by Crippen LogP contribution is 2.31. The van der Waals surface area contributed by atoms with E-state index in [1.54, 1.807) is 6.07 Å². The van der Waals surface area contributed by atoms with Crippen molar-refractivity contribution in [1.82, 2.24) is 0 Å². The van der Waals surface area contributed by atoms with Crippen LogP contribution in [0, 0.1) is 0 Å². The zero-order chi connectivity index (χ0) is 12.1. The Morgan fingerprint density at radius 3 is 2.71 bits per heavy atom. The molecule has 0 aromatic heterocycles. The maximum Gasteiger partial charge on any atom is 0.138 e. The molecule has 0 atom stereocenters. The first-order chi connectivity index (χ1) is 8.31. The van der Waals surface area contributed by atoms with Gasteiger partial charge < -0.3 is 10.4 Å².